The zero-order valence-electron chi connectivity index (χ0n) is 11.6. The van der Waals surface area contributed by atoms with Gasteiger partial charge in [0.15, 0.2) is 15.2 Å². The number of ether oxygens (including phenoxy) is 2. The minimum absolute atomic E-state index is 0.0666. The van der Waals surface area contributed by atoms with Crippen LogP contribution in [0, 0.1) is 0 Å². The van der Waals surface area contributed by atoms with E-state index in [1.54, 1.807) is 0 Å². The fraction of sp³-hybridized carbons (Fsp3) is 0.667. The Hall–Kier alpha value is -0.890. The molecule has 6 nitrogen and oxygen atoms in total. The van der Waals surface area contributed by atoms with Gasteiger partial charge in [-0.3, -0.25) is 0 Å². The summed E-state index contributed by atoms with van der Waals surface area (Å²) in [6, 6.07) is 0. The Morgan fingerprint density at radius 1 is 1.70 bits per heavy atom. The second-order valence-corrected chi connectivity index (χ2v) is 6.51. The normalized spacial score (nSPS) is 21.9. The molecule has 1 aliphatic rings. The molecule has 0 radical (unpaired) electrons. The van der Waals surface area contributed by atoms with Gasteiger partial charge in [0.25, 0.3) is 0 Å². The number of anilines is 1. The third kappa shape index (κ3) is 3.22. The van der Waals surface area contributed by atoms with E-state index >= 15 is 0 Å². The average molecular weight is 321 g/mol. The first kappa shape index (κ1) is 15.5. The fourth-order valence-electron chi connectivity index (χ4n) is 2.18. The quantitative estimate of drug-likeness (QED) is 0.852. The molecule has 0 aliphatic carbocycles. The lowest BCUT2D eigenvalue weighted by molar-refractivity contribution is -0.101. The lowest BCUT2D eigenvalue weighted by Crippen LogP contribution is -2.54. The highest BCUT2D eigenvalue weighted by Gasteiger charge is 2.35. The molecule has 112 valence electrons. The number of thiazole rings is 1. The standard InChI is InChI=1S/C12H17ClN2O4S/c1-12(2)6-15(4-7(5-16)19-12)11-14-9(13)8(20-11)10(17)18-3/h7,16H,4-6H2,1-3H3. The van der Waals surface area contributed by atoms with Crippen molar-refractivity contribution in [3.8, 4) is 0 Å². The number of rotatable bonds is 3. The van der Waals surface area contributed by atoms with Crippen LogP contribution in [0.15, 0.2) is 0 Å². The van der Waals surface area contributed by atoms with E-state index in [1.807, 2.05) is 18.7 Å². The Bertz CT molecular complexity index is 506. The minimum atomic E-state index is -0.495. The number of esters is 1. The van der Waals surface area contributed by atoms with Crippen LogP contribution in [0.3, 0.4) is 0 Å². The van der Waals surface area contributed by atoms with Gasteiger partial charge in [0.05, 0.1) is 25.4 Å². The molecule has 1 fully saturated rings. The van der Waals surface area contributed by atoms with Crippen molar-refractivity contribution < 1.29 is 19.4 Å². The number of morpholine rings is 1. The van der Waals surface area contributed by atoms with Crippen molar-refractivity contribution in [1.82, 2.24) is 4.98 Å². The van der Waals surface area contributed by atoms with Crippen LogP contribution in [0.1, 0.15) is 23.5 Å². The van der Waals surface area contributed by atoms with E-state index in [9.17, 15) is 9.90 Å². The third-order valence-electron chi connectivity index (χ3n) is 2.90. The number of hydrogen-bond donors (Lipinski definition) is 1. The topological polar surface area (TPSA) is 71.9 Å². The number of nitrogens with zero attached hydrogens (tertiary/aromatic N) is 2. The van der Waals surface area contributed by atoms with Crippen molar-refractivity contribution in [2.45, 2.75) is 25.6 Å². The van der Waals surface area contributed by atoms with Crippen molar-refractivity contribution in [3.05, 3.63) is 10.0 Å². The molecule has 1 atom stereocenters. The predicted octanol–water partition coefficient (Wildman–Crippen LogP) is 1.56. The molecule has 1 aromatic heterocycles. The van der Waals surface area contributed by atoms with Gasteiger partial charge >= 0.3 is 5.97 Å². The summed E-state index contributed by atoms with van der Waals surface area (Å²) < 4.78 is 10.4. The first-order valence-corrected chi connectivity index (χ1v) is 7.34. The maximum Gasteiger partial charge on any atom is 0.351 e. The lowest BCUT2D eigenvalue weighted by Gasteiger charge is -2.42. The first-order valence-electron chi connectivity index (χ1n) is 6.14. The summed E-state index contributed by atoms with van der Waals surface area (Å²) in [4.78, 5) is 18.0. The smallest absolute Gasteiger partial charge is 0.351 e. The van der Waals surface area contributed by atoms with Gasteiger partial charge < -0.3 is 19.5 Å². The summed E-state index contributed by atoms with van der Waals surface area (Å²) in [5, 5.41) is 10.1. The lowest BCUT2D eigenvalue weighted by atomic mass is 10.1. The van der Waals surface area contributed by atoms with Crippen LogP contribution in [0.25, 0.3) is 0 Å². The highest BCUT2D eigenvalue weighted by atomic mass is 35.5. The number of aliphatic hydroxyl groups excluding tert-OH is 1. The molecule has 1 aliphatic heterocycles. The van der Waals surface area contributed by atoms with E-state index in [-0.39, 0.29) is 22.7 Å². The molecule has 2 heterocycles. The number of aromatic nitrogens is 1. The van der Waals surface area contributed by atoms with Crippen molar-refractivity contribution in [1.29, 1.82) is 0 Å². The largest absolute Gasteiger partial charge is 0.465 e. The van der Waals surface area contributed by atoms with Gasteiger partial charge in [0, 0.05) is 13.1 Å². The highest BCUT2D eigenvalue weighted by Crippen LogP contribution is 2.33. The molecule has 0 bridgehead atoms. The Kier molecular flexibility index (Phi) is 4.53. The van der Waals surface area contributed by atoms with E-state index in [0.29, 0.717) is 18.2 Å². The molecule has 1 N–H and O–H groups in total. The first-order chi connectivity index (χ1) is 9.36. The van der Waals surface area contributed by atoms with E-state index in [4.69, 9.17) is 16.3 Å². The van der Waals surface area contributed by atoms with Gasteiger partial charge in [0.1, 0.15) is 0 Å². The van der Waals surface area contributed by atoms with Gasteiger partial charge in [-0.25, -0.2) is 9.78 Å². The van der Waals surface area contributed by atoms with Crippen LogP contribution in [0.4, 0.5) is 5.13 Å². The van der Waals surface area contributed by atoms with Crippen molar-refractivity contribution >= 4 is 34.0 Å². The van der Waals surface area contributed by atoms with Gasteiger partial charge in [0.2, 0.25) is 0 Å². The Morgan fingerprint density at radius 3 is 3.00 bits per heavy atom. The summed E-state index contributed by atoms with van der Waals surface area (Å²) in [6.45, 7) is 4.93. The molecular weight excluding hydrogens is 304 g/mol. The van der Waals surface area contributed by atoms with Gasteiger partial charge in [-0.15, -0.1) is 0 Å². The Morgan fingerprint density at radius 2 is 2.40 bits per heavy atom. The average Bonchev–Trinajstić information content (AvgIpc) is 2.78. The maximum absolute atomic E-state index is 11.6. The SMILES string of the molecule is COC(=O)c1sc(N2CC(CO)OC(C)(C)C2)nc1Cl. The molecule has 1 aromatic rings. The Balaban J connectivity index is 2.24. The van der Waals surface area contributed by atoms with Crippen LogP contribution < -0.4 is 4.90 Å². The molecule has 2 rings (SSSR count). The zero-order valence-corrected chi connectivity index (χ0v) is 13.1. The van der Waals surface area contributed by atoms with E-state index in [0.717, 1.165) is 0 Å². The van der Waals surface area contributed by atoms with Crippen LogP contribution in [0.5, 0.6) is 0 Å². The van der Waals surface area contributed by atoms with Crippen LogP contribution in [0.2, 0.25) is 5.15 Å². The van der Waals surface area contributed by atoms with Crippen LogP contribution in [-0.2, 0) is 9.47 Å². The summed E-state index contributed by atoms with van der Waals surface area (Å²) in [5.41, 5.74) is -0.408. The molecule has 1 unspecified atom stereocenters. The predicted molar refractivity (Wildman–Crippen MR) is 76.7 cm³/mol. The zero-order chi connectivity index (χ0) is 14.9. The van der Waals surface area contributed by atoms with E-state index in [2.05, 4.69) is 9.72 Å². The number of carbonyl (C=O) groups excluding carboxylic acids is 1. The van der Waals surface area contributed by atoms with Crippen LogP contribution in [-0.4, -0.2) is 54.6 Å². The molecule has 0 spiro atoms. The van der Waals surface area contributed by atoms with E-state index in [1.165, 1.54) is 18.4 Å². The molecule has 0 amide bonds. The number of methoxy groups -OCH3 is 1. The van der Waals surface area contributed by atoms with E-state index < -0.39 is 11.6 Å². The number of hydrogen-bond acceptors (Lipinski definition) is 7. The summed E-state index contributed by atoms with van der Waals surface area (Å²) in [5.74, 6) is -0.495. The van der Waals surface area contributed by atoms with Crippen molar-refractivity contribution in [2.75, 3.05) is 31.7 Å². The summed E-state index contributed by atoms with van der Waals surface area (Å²) >= 11 is 7.15. The number of halogens is 1. The molecule has 0 saturated carbocycles. The second kappa shape index (κ2) is 5.85. The summed E-state index contributed by atoms with van der Waals surface area (Å²) in [6.07, 6.45) is -0.289. The molecule has 0 aromatic carbocycles. The van der Waals surface area contributed by atoms with Crippen LogP contribution >= 0.6 is 22.9 Å². The molecule has 8 heteroatoms. The highest BCUT2D eigenvalue weighted by molar-refractivity contribution is 7.18. The number of carbonyl (C=O) groups is 1. The molecule has 1 saturated heterocycles. The van der Waals surface area contributed by atoms with Crippen molar-refractivity contribution in [2.24, 2.45) is 0 Å². The maximum atomic E-state index is 11.6. The van der Waals surface area contributed by atoms with Gasteiger partial charge in [-0.1, -0.05) is 22.9 Å². The number of aliphatic hydroxyl groups is 1. The fourth-order valence-corrected chi connectivity index (χ4v) is 3.39. The van der Waals surface area contributed by atoms with Gasteiger partial charge in [-0.2, -0.15) is 0 Å². The minimum Gasteiger partial charge on any atom is -0.465 e. The summed E-state index contributed by atoms with van der Waals surface area (Å²) in [7, 11) is 1.30. The monoisotopic (exact) mass is 320 g/mol. The third-order valence-corrected chi connectivity index (χ3v) is 4.38. The molecular formula is C12H17ClN2O4S. The van der Waals surface area contributed by atoms with Crippen molar-refractivity contribution in [3.63, 3.8) is 0 Å². The van der Waals surface area contributed by atoms with Gasteiger partial charge in [-0.05, 0) is 13.8 Å². The Labute approximate surface area is 126 Å². The second-order valence-electron chi connectivity index (χ2n) is 5.17. The molecule has 20 heavy (non-hydrogen) atoms.